The van der Waals surface area contributed by atoms with Crippen LogP contribution in [-0.4, -0.2) is 14.9 Å². The molecule has 1 aromatic heterocycles. The Labute approximate surface area is 100 Å². The highest BCUT2D eigenvalue weighted by Crippen LogP contribution is 2.26. The number of H-pyrrole nitrogens is 1. The normalized spacial score (nSPS) is 10.5. The van der Waals surface area contributed by atoms with Gasteiger partial charge in [0.25, 0.3) is 0 Å². The Morgan fingerprint density at radius 2 is 2.27 bits per heavy atom. The number of aromatic amines is 1. The molecule has 0 amide bonds. The largest absolute Gasteiger partial charge is 0.335 e. The van der Waals surface area contributed by atoms with Crippen LogP contribution in [0, 0.1) is 11.7 Å². The summed E-state index contributed by atoms with van der Waals surface area (Å²) in [5.74, 6) is 6.37. The Bertz CT molecular complexity index is 557. The molecular weight excluding hydrogens is 276 g/mol. The molecule has 0 unspecified atom stereocenters. The van der Waals surface area contributed by atoms with Crippen LogP contribution in [0.4, 0.5) is 0 Å². The summed E-state index contributed by atoms with van der Waals surface area (Å²) >= 11 is 8.41. The van der Waals surface area contributed by atoms with Gasteiger partial charge >= 0.3 is 0 Å². The van der Waals surface area contributed by atoms with Gasteiger partial charge in [-0.25, -0.2) is 9.77 Å². The standard InChI is InChI=1S/C9H9BrN4S/c1-5-2-3-7(10)6(4-5)8-12-13-9(15)14(8)11/h2-4H,11H2,1H3,(H,13,15). The van der Waals surface area contributed by atoms with E-state index in [4.69, 9.17) is 18.1 Å². The second kappa shape index (κ2) is 3.79. The van der Waals surface area contributed by atoms with Crippen molar-refractivity contribution in [2.24, 2.45) is 0 Å². The minimum atomic E-state index is 0.401. The van der Waals surface area contributed by atoms with Gasteiger partial charge in [0.1, 0.15) is 0 Å². The summed E-state index contributed by atoms with van der Waals surface area (Å²) in [5, 5.41) is 6.73. The molecule has 1 heterocycles. The lowest BCUT2D eigenvalue weighted by atomic mass is 10.1. The molecule has 4 nitrogen and oxygen atoms in total. The van der Waals surface area contributed by atoms with Gasteiger partial charge in [-0.15, -0.1) is 0 Å². The molecule has 0 aliphatic heterocycles. The van der Waals surface area contributed by atoms with Crippen LogP contribution in [0.25, 0.3) is 11.4 Å². The van der Waals surface area contributed by atoms with E-state index in [0.717, 1.165) is 15.6 Å². The first-order chi connectivity index (χ1) is 7.09. The molecule has 0 saturated heterocycles. The zero-order valence-electron chi connectivity index (χ0n) is 7.99. The minimum Gasteiger partial charge on any atom is -0.335 e. The van der Waals surface area contributed by atoms with Gasteiger partial charge in [-0.2, -0.15) is 5.10 Å². The van der Waals surface area contributed by atoms with E-state index in [-0.39, 0.29) is 0 Å². The summed E-state index contributed by atoms with van der Waals surface area (Å²) < 4.78 is 2.70. The molecule has 0 bridgehead atoms. The van der Waals surface area contributed by atoms with E-state index >= 15 is 0 Å². The zero-order chi connectivity index (χ0) is 11.0. The Kier molecular flexibility index (Phi) is 2.62. The Balaban J connectivity index is 2.68. The summed E-state index contributed by atoms with van der Waals surface area (Å²) in [6.45, 7) is 2.01. The van der Waals surface area contributed by atoms with Gasteiger partial charge in [0.15, 0.2) is 5.82 Å². The first kappa shape index (κ1) is 10.4. The zero-order valence-corrected chi connectivity index (χ0v) is 10.4. The third kappa shape index (κ3) is 1.82. The molecule has 3 N–H and O–H groups in total. The molecule has 0 aliphatic carbocycles. The Morgan fingerprint density at radius 1 is 1.53 bits per heavy atom. The van der Waals surface area contributed by atoms with E-state index in [1.165, 1.54) is 4.68 Å². The van der Waals surface area contributed by atoms with Gasteiger partial charge in [0.05, 0.1) is 0 Å². The molecule has 2 aromatic rings. The number of hydrogen-bond donors (Lipinski definition) is 2. The summed E-state index contributed by atoms with van der Waals surface area (Å²) in [6.07, 6.45) is 0. The number of nitrogens with two attached hydrogens (primary N) is 1. The molecule has 1 aromatic carbocycles. The third-order valence-electron chi connectivity index (χ3n) is 2.07. The predicted octanol–water partition coefficient (Wildman–Crippen LogP) is 2.39. The van der Waals surface area contributed by atoms with Crippen LogP contribution in [0.3, 0.4) is 0 Å². The summed E-state index contributed by atoms with van der Waals surface area (Å²) in [7, 11) is 0. The number of nitrogens with one attached hydrogen (secondary N) is 1. The molecule has 0 radical (unpaired) electrons. The average molecular weight is 285 g/mol. The van der Waals surface area contributed by atoms with Crippen molar-refractivity contribution in [3.63, 3.8) is 0 Å². The number of benzene rings is 1. The van der Waals surface area contributed by atoms with Crippen molar-refractivity contribution in [2.75, 3.05) is 5.84 Å². The van der Waals surface area contributed by atoms with Crippen molar-refractivity contribution >= 4 is 28.1 Å². The van der Waals surface area contributed by atoms with Crippen LogP contribution >= 0.6 is 28.1 Å². The highest BCUT2D eigenvalue weighted by Gasteiger charge is 2.09. The van der Waals surface area contributed by atoms with Gasteiger partial charge in [0.2, 0.25) is 4.77 Å². The number of nitrogens with zero attached hydrogens (tertiary/aromatic N) is 2. The van der Waals surface area contributed by atoms with Crippen LogP contribution in [0.1, 0.15) is 5.56 Å². The molecule has 0 spiro atoms. The molecule has 15 heavy (non-hydrogen) atoms. The van der Waals surface area contributed by atoms with E-state index < -0.39 is 0 Å². The van der Waals surface area contributed by atoms with Crippen molar-refractivity contribution in [1.82, 2.24) is 14.9 Å². The molecule has 6 heteroatoms. The highest BCUT2D eigenvalue weighted by atomic mass is 79.9. The van der Waals surface area contributed by atoms with Crippen molar-refractivity contribution in [1.29, 1.82) is 0 Å². The maximum atomic E-state index is 5.75. The van der Waals surface area contributed by atoms with Gasteiger partial charge in [-0.05, 0) is 31.3 Å². The fourth-order valence-corrected chi connectivity index (χ4v) is 1.86. The second-order valence-electron chi connectivity index (χ2n) is 3.21. The number of aryl methyl sites for hydroxylation is 1. The average Bonchev–Trinajstić information content (AvgIpc) is 2.52. The number of hydrogen-bond acceptors (Lipinski definition) is 3. The first-order valence-corrected chi connectivity index (χ1v) is 5.49. The van der Waals surface area contributed by atoms with E-state index in [2.05, 4.69) is 26.1 Å². The quantitative estimate of drug-likeness (QED) is 0.624. The monoisotopic (exact) mass is 284 g/mol. The van der Waals surface area contributed by atoms with Crippen LogP contribution in [0.5, 0.6) is 0 Å². The van der Waals surface area contributed by atoms with E-state index in [0.29, 0.717) is 10.6 Å². The summed E-state index contributed by atoms with van der Waals surface area (Å²) in [4.78, 5) is 0. The second-order valence-corrected chi connectivity index (χ2v) is 4.45. The van der Waals surface area contributed by atoms with Crippen LogP contribution in [0.2, 0.25) is 0 Å². The number of aromatic nitrogens is 3. The Hall–Kier alpha value is -1.14. The number of rotatable bonds is 1. The number of halogens is 1. The van der Waals surface area contributed by atoms with Gasteiger partial charge < -0.3 is 5.84 Å². The third-order valence-corrected chi connectivity index (χ3v) is 3.05. The fraction of sp³-hybridized carbons (Fsp3) is 0.111. The summed E-state index contributed by atoms with van der Waals surface area (Å²) in [6, 6.07) is 5.97. The maximum absolute atomic E-state index is 5.75. The minimum absolute atomic E-state index is 0.401. The summed E-state index contributed by atoms with van der Waals surface area (Å²) in [5.41, 5.74) is 2.06. The van der Waals surface area contributed by atoms with Gasteiger partial charge in [-0.3, -0.25) is 0 Å². The molecule has 2 rings (SSSR count). The fourth-order valence-electron chi connectivity index (χ4n) is 1.31. The first-order valence-electron chi connectivity index (χ1n) is 4.28. The maximum Gasteiger partial charge on any atom is 0.214 e. The lowest BCUT2D eigenvalue weighted by Crippen LogP contribution is -2.10. The van der Waals surface area contributed by atoms with Crippen molar-refractivity contribution in [2.45, 2.75) is 6.92 Å². The molecule has 78 valence electrons. The predicted molar refractivity (Wildman–Crippen MR) is 65.4 cm³/mol. The lowest BCUT2D eigenvalue weighted by molar-refractivity contribution is 0.983. The van der Waals surface area contributed by atoms with Gasteiger partial charge in [0, 0.05) is 10.0 Å². The van der Waals surface area contributed by atoms with Crippen LogP contribution in [-0.2, 0) is 0 Å². The van der Waals surface area contributed by atoms with E-state index in [1.54, 1.807) is 0 Å². The van der Waals surface area contributed by atoms with Gasteiger partial charge in [-0.1, -0.05) is 27.6 Å². The molecule has 0 aliphatic rings. The molecule has 0 fully saturated rings. The SMILES string of the molecule is Cc1ccc(Br)c(-c2n[nH]c(=S)n2N)c1. The topological polar surface area (TPSA) is 59.6 Å². The molecular formula is C9H9BrN4S. The Morgan fingerprint density at radius 3 is 2.87 bits per heavy atom. The van der Waals surface area contributed by atoms with Crippen LogP contribution < -0.4 is 5.84 Å². The smallest absolute Gasteiger partial charge is 0.214 e. The van der Waals surface area contributed by atoms with Crippen LogP contribution in [0.15, 0.2) is 22.7 Å². The highest BCUT2D eigenvalue weighted by molar-refractivity contribution is 9.10. The van der Waals surface area contributed by atoms with Crippen molar-refractivity contribution in [3.05, 3.63) is 33.0 Å². The molecule has 0 atom stereocenters. The molecule has 0 saturated carbocycles. The van der Waals surface area contributed by atoms with Crippen molar-refractivity contribution in [3.8, 4) is 11.4 Å². The van der Waals surface area contributed by atoms with Crippen molar-refractivity contribution < 1.29 is 0 Å². The number of nitrogen functional groups attached to an aromatic ring is 1. The van der Waals surface area contributed by atoms with E-state index in [1.807, 2.05) is 25.1 Å². The lowest BCUT2D eigenvalue weighted by Gasteiger charge is -2.04. The van der Waals surface area contributed by atoms with E-state index in [9.17, 15) is 0 Å².